The minimum atomic E-state index is -0.808. The van der Waals surface area contributed by atoms with Gasteiger partial charge in [0.15, 0.2) is 0 Å². The molecule has 0 unspecified atom stereocenters. The number of benzene rings is 2. The number of carbonyl (C=O) groups excluding carboxylic acids is 2. The van der Waals surface area contributed by atoms with E-state index in [1.54, 1.807) is 6.92 Å². The lowest BCUT2D eigenvalue weighted by molar-refractivity contribution is -0.145. The van der Waals surface area contributed by atoms with Gasteiger partial charge in [0.1, 0.15) is 6.04 Å². The van der Waals surface area contributed by atoms with Crippen LogP contribution < -0.4 is 5.32 Å². The lowest BCUT2D eigenvalue weighted by atomic mass is 10.0. The number of rotatable bonds is 6. The third-order valence-corrected chi connectivity index (χ3v) is 3.81. The molecule has 2 aromatic rings. The van der Waals surface area contributed by atoms with Crippen molar-refractivity contribution in [3.8, 4) is 6.07 Å². The second kappa shape index (κ2) is 8.11. The van der Waals surface area contributed by atoms with Gasteiger partial charge in [0, 0.05) is 5.92 Å². The van der Waals surface area contributed by atoms with Gasteiger partial charge in [-0.1, -0.05) is 42.5 Å². The zero-order valence-corrected chi connectivity index (χ0v) is 13.8. The molecule has 24 heavy (non-hydrogen) atoms. The fourth-order valence-electron chi connectivity index (χ4n) is 2.54. The van der Waals surface area contributed by atoms with Crippen LogP contribution in [0.2, 0.25) is 0 Å². The molecular formula is C19H20N2O3. The molecule has 1 amide bonds. The van der Waals surface area contributed by atoms with Gasteiger partial charge in [0.05, 0.1) is 19.6 Å². The molecule has 1 N–H and O–H groups in total. The number of fused-ring (bicyclic) bond motifs is 1. The fraction of sp³-hybridized carbons (Fsp3) is 0.316. The largest absolute Gasteiger partial charge is 0.467 e. The lowest BCUT2D eigenvalue weighted by Gasteiger charge is -2.17. The van der Waals surface area contributed by atoms with Crippen LogP contribution in [0.4, 0.5) is 0 Å². The maximum Gasteiger partial charge on any atom is 0.328 e. The highest BCUT2D eigenvalue weighted by Gasteiger charge is 2.23. The van der Waals surface area contributed by atoms with Crippen LogP contribution in [0.1, 0.15) is 18.9 Å². The van der Waals surface area contributed by atoms with E-state index in [1.165, 1.54) is 7.11 Å². The van der Waals surface area contributed by atoms with Gasteiger partial charge in [-0.15, -0.1) is 0 Å². The molecule has 0 heterocycles. The van der Waals surface area contributed by atoms with Crippen LogP contribution >= 0.6 is 0 Å². The van der Waals surface area contributed by atoms with Crippen LogP contribution in [0.25, 0.3) is 10.8 Å². The number of nitriles is 1. The van der Waals surface area contributed by atoms with Gasteiger partial charge in [-0.05, 0) is 29.7 Å². The smallest absolute Gasteiger partial charge is 0.328 e. The van der Waals surface area contributed by atoms with Crippen LogP contribution in [0.5, 0.6) is 0 Å². The Morgan fingerprint density at radius 1 is 1.21 bits per heavy atom. The van der Waals surface area contributed by atoms with Crippen molar-refractivity contribution in [2.45, 2.75) is 25.8 Å². The Labute approximate surface area is 141 Å². The van der Waals surface area contributed by atoms with Gasteiger partial charge in [-0.3, -0.25) is 4.79 Å². The molecule has 0 aromatic heterocycles. The molecule has 0 aliphatic rings. The summed E-state index contributed by atoms with van der Waals surface area (Å²) in [6.07, 6.45) is 0.395. The number of carbonyl (C=O) groups is 2. The third-order valence-electron chi connectivity index (χ3n) is 3.81. The van der Waals surface area contributed by atoms with E-state index < -0.39 is 12.0 Å². The zero-order chi connectivity index (χ0) is 17.5. The summed E-state index contributed by atoms with van der Waals surface area (Å²) in [4.78, 5) is 24.0. The standard InChI is InChI=1S/C19H20N2O3/c1-13(12-20)9-17(19(23)24-2)21-18(22)11-14-7-8-15-5-3-4-6-16(15)10-14/h3-8,10,13,17H,9,11H2,1-2H3,(H,21,22)/t13-,17-/m0/s1. The molecule has 0 bridgehead atoms. The number of hydrogen-bond donors (Lipinski definition) is 1. The van der Waals surface area contributed by atoms with Crippen molar-refractivity contribution in [1.29, 1.82) is 5.26 Å². The Bertz CT molecular complexity index is 780. The normalized spacial score (nSPS) is 12.9. The van der Waals surface area contributed by atoms with E-state index in [2.05, 4.69) is 11.4 Å². The molecule has 0 spiro atoms. The fourth-order valence-corrected chi connectivity index (χ4v) is 2.54. The molecular weight excluding hydrogens is 304 g/mol. The summed E-state index contributed by atoms with van der Waals surface area (Å²) in [6.45, 7) is 1.70. The van der Waals surface area contributed by atoms with Crippen molar-refractivity contribution in [2.24, 2.45) is 5.92 Å². The summed E-state index contributed by atoms with van der Waals surface area (Å²) < 4.78 is 4.70. The highest BCUT2D eigenvalue weighted by molar-refractivity contribution is 5.87. The van der Waals surface area contributed by atoms with Crippen LogP contribution in [0.3, 0.4) is 0 Å². The minimum absolute atomic E-state index is 0.166. The molecule has 2 rings (SSSR count). The molecule has 0 fully saturated rings. The van der Waals surface area contributed by atoms with Gasteiger partial charge in [-0.2, -0.15) is 5.26 Å². The maximum absolute atomic E-state index is 12.2. The predicted molar refractivity (Wildman–Crippen MR) is 91.0 cm³/mol. The molecule has 0 aliphatic heterocycles. The van der Waals surface area contributed by atoms with E-state index in [1.807, 2.05) is 42.5 Å². The number of nitrogens with one attached hydrogen (secondary N) is 1. The number of nitrogens with zero attached hydrogens (tertiary/aromatic N) is 1. The van der Waals surface area contributed by atoms with Gasteiger partial charge in [0.2, 0.25) is 5.91 Å². The number of ether oxygens (including phenoxy) is 1. The van der Waals surface area contributed by atoms with Crippen molar-refractivity contribution in [1.82, 2.24) is 5.32 Å². The van der Waals surface area contributed by atoms with Gasteiger partial charge in [-0.25, -0.2) is 4.79 Å². The molecule has 0 aliphatic carbocycles. The molecule has 0 radical (unpaired) electrons. The Hall–Kier alpha value is -2.87. The zero-order valence-electron chi connectivity index (χ0n) is 13.8. The molecule has 124 valence electrons. The Morgan fingerprint density at radius 3 is 2.58 bits per heavy atom. The first-order valence-corrected chi connectivity index (χ1v) is 7.78. The van der Waals surface area contributed by atoms with Crippen LogP contribution in [0.15, 0.2) is 42.5 Å². The first kappa shape index (κ1) is 17.5. The van der Waals surface area contributed by atoms with E-state index in [0.29, 0.717) is 0 Å². The van der Waals surface area contributed by atoms with Crippen LogP contribution in [0, 0.1) is 17.2 Å². The Balaban J connectivity index is 2.06. The average Bonchev–Trinajstić information content (AvgIpc) is 2.60. The predicted octanol–water partition coefficient (Wildman–Crippen LogP) is 2.59. The van der Waals surface area contributed by atoms with E-state index in [9.17, 15) is 9.59 Å². The van der Waals surface area contributed by atoms with E-state index in [4.69, 9.17) is 10.00 Å². The topological polar surface area (TPSA) is 79.2 Å². The number of amides is 1. The average molecular weight is 324 g/mol. The van der Waals surface area contributed by atoms with Crippen molar-refractivity contribution in [3.05, 3.63) is 48.0 Å². The number of methoxy groups -OCH3 is 1. The molecule has 2 atom stereocenters. The SMILES string of the molecule is COC(=O)[C@H](C[C@H](C)C#N)NC(=O)Cc1ccc2ccccc2c1. The van der Waals surface area contributed by atoms with E-state index in [-0.39, 0.29) is 24.7 Å². The Kier molecular flexibility index (Phi) is 5.91. The summed E-state index contributed by atoms with van der Waals surface area (Å²) in [5, 5.41) is 13.7. The summed E-state index contributed by atoms with van der Waals surface area (Å²) >= 11 is 0. The third kappa shape index (κ3) is 4.56. The highest BCUT2D eigenvalue weighted by Crippen LogP contribution is 2.16. The summed E-state index contributed by atoms with van der Waals surface area (Å²) in [6, 6.07) is 15.0. The summed E-state index contributed by atoms with van der Waals surface area (Å²) in [7, 11) is 1.27. The first-order valence-electron chi connectivity index (χ1n) is 7.78. The quantitative estimate of drug-likeness (QED) is 0.828. The maximum atomic E-state index is 12.2. The summed E-state index contributed by atoms with van der Waals surface area (Å²) in [5.41, 5.74) is 0.864. The number of esters is 1. The second-order valence-electron chi connectivity index (χ2n) is 5.77. The monoisotopic (exact) mass is 324 g/mol. The lowest BCUT2D eigenvalue weighted by Crippen LogP contribution is -2.43. The first-order chi connectivity index (χ1) is 11.5. The molecule has 2 aromatic carbocycles. The second-order valence-corrected chi connectivity index (χ2v) is 5.77. The minimum Gasteiger partial charge on any atom is -0.467 e. The molecule has 0 saturated carbocycles. The van der Waals surface area contributed by atoms with Gasteiger partial charge in [0.25, 0.3) is 0 Å². The van der Waals surface area contributed by atoms with E-state index >= 15 is 0 Å². The van der Waals surface area contributed by atoms with Crippen molar-refractivity contribution in [3.63, 3.8) is 0 Å². The molecule has 5 heteroatoms. The van der Waals surface area contributed by atoms with Crippen LogP contribution in [-0.2, 0) is 20.7 Å². The van der Waals surface area contributed by atoms with Crippen molar-refractivity contribution < 1.29 is 14.3 Å². The molecule has 0 saturated heterocycles. The van der Waals surface area contributed by atoms with E-state index in [0.717, 1.165) is 16.3 Å². The van der Waals surface area contributed by atoms with Crippen molar-refractivity contribution in [2.75, 3.05) is 7.11 Å². The van der Waals surface area contributed by atoms with Crippen molar-refractivity contribution >= 4 is 22.6 Å². The molecule has 5 nitrogen and oxygen atoms in total. The summed E-state index contributed by atoms with van der Waals surface area (Å²) in [5.74, 6) is -1.16. The Morgan fingerprint density at radius 2 is 1.92 bits per heavy atom. The number of hydrogen-bond acceptors (Lipinski definition) is 4. The van der Waals surface area contributed by atoms with Gasteiger partial charge < -0.3 is 10.1 Å². The van der Waals surface area contributed by atoms with Crippen LogP contribution in [-0.4, -0.2) is 25.0 Å². The highest BCUT2D eigenvalue weighted by atomic mass is 16.5. The van der Waals surface area contributed by atoms with Gasteiger partial charge >= 0.3 is 5.97 Å².